The molecule has 5 nitrogen and oxygen atoms in total. The van der Waals surface area contributed by atoms with Crippen LogP contribution < -0.4 is 0 Å². The van der Waals surface area contributed by atoms with Gasteiger partial charge in [0.25, 0.3) is 5.91 Å². The van der Waals surface area contributed by atoms with E-state index in [2.05, 4.69) is 22.1 Å². The molecule has 1 unspecified atom stereocenters. The third-order valence-corrected chi connectivity index (χ3v) is 6.81. The lowest BCUT2D eigenvalue weighted by Crippen LogP contribution is -2.27. The SMILES string of the molecule is O=C(OC1C=C(CSc2ccc(Cl)c(Cl)c2)C=NC1=O)c1cc(CCc2ccccc2)c[nH]1. The van der Waals surface area contributed by atoms with Gasteiger partial charge in [-0.3, -0.25) is 4.79 Å². The van der Waals surface area contributed by atoms with Crippen molar-refractivity contribution in [2.75, 3.05) is 5.75 Å². The van der Waals surface area contributed by atoms with E-state index in [0.29, 0.717) is 21.5 Å². The van der Waals surface area contributed by atoms with Crippen LogP contribution in [0.4, 0.5) is 0 Å². The van der Waals surface area contributed by atoms with E-state index < -0.39 is 18.0 Å². The monoisotopic (exact) mass is 498 g/mol. The number of nitrogens with one attached hydrogen (secondary N) is 1. The normalized spacial score (nSPS) is 15.4. The fourth-order valence-corrected chi connectivity index (χ4v) is 4.48. The van der Waals surface area contributed by atoms with Crippen LogP contribution in [0.2, 0.25) is 10.0 Å². The largest absolute Gasteiger partial charge is 0.443 e. The van der Waals surface area contributed by atoms with Crippen LogP contribution in [0.3, 0.4) is 0 Å². The highest BCUT2D eigenvalue weighted by atomic mass is 35.5. The zero-order valence-corrected chi connectivity index (χ0v) is 19.8. The van der Waals surface area contributed by atoms with Crippen LogP contribution in [0.15, 0.2) is 82.3 Å². The molecular weight excluding hydrogens is 479 g/mol. The van der Waals surface area contributed by atoms with Gasteiger partial charge in [0.2, 0.25) is 6.10 Å². The highest BCUT2D eigenvalue weighted by Crippen LogP contribution is 2.29. The van der Waals surface area contributed by atoms with Gasteiger partial charge in [-0.15, -0.1) is 11.8 Å². The van der Waals surface area contributed by atoms with Crippen LogP contribution in [0.5, 0.6) is 0 Å². The summed E-state index contributed by atoms with van der Waals surface area (Å²) < 4.78 is 5.43. The lowest BCUT2D eigenvalue weighted by molar-refractivity contribution is -0.124. The van der Waals surface area contributed by atoms with Gasteiger partial charge in [-0.1, -0.05) is 53.5 Å². The molecule has 1 aromatic heterocycles. The van der Waals surface area contributed by atoms with Crippen molar-refractivity contribution >= 4 is 53.1 Å². The Bertz CT molecular complexity index is 1220. The molecule has 0 saturated carbocycles. The first kappa shape index (κ1) is 23.4. The van der Waals surface area contributed by atoms with E-state index in [4.69, 9.17) is 27.9 Å². The van der Waals surface area contributed by atoms with E-state index in [1.54, 1.807) is 30.5 Å². The Hall–Kier alpha value is -2.80. The molecule has 33 heavy (non-hydrogen) atoms. The van der Waals surface area contributed by atoms with Crippen LogP contribution in [0.25, 0.3) is 0 Å². The summed E-state index contributed by atoms with van der Waals surface area (Å²) in [6.07, 6.45) is 5.50. The number of aromatic amines is 1. The van der Waals surface area contributed by atoms with Crippen molar-refractivity contribution in [3.63, 3.8) is 0 Å². The molecular formula is C25H20Cl2N2O3S. The Labute approximate surface area is 205 Å². The summed E-state index contributed by atoms with van der Waals surface area (Å²) in [5.41, 5.74) is 3.30. The summed E-state index contributed by atoms with van der Waals surface area (Å²) in [6.45, 7) is 0. The molecule has 1 atom stereocenters. The standard InChI is InChI=1S/C25H20Cl2N2O3S/c26-20-9-8-19(12-21(20)27)33-15-18-11-23(24(30)29-14-18)32-25(31)22-10-17(13-28-22)7-6-16-4-2-1-3-5-16/h1-5,8-14,23,28H,6-7,15H2. The number of ether oxygens (including phenoxy) is 1. The number of halogens is 2. The number of benzene rings is 2. The Morgan fingerprint density at radius 1 is 1.03 bits per heavy atom. The van der Waals surface area contributed by atoms with Gasteiger partial charge in [-0.2, -0.15) is 0 Å². The Morgan fingerprint density at radius 3 is 2.61 bits per heavy atom. The molecule has 1 aliphatic heterocycles. The summed E-state index contributed by atoms with van der Waals surface area (Å²) in [4.78, 5) is 32.5. The highest BCUT2D eigenvalue weighted by Gasteiger charge is 2.25. The molecule has 8 heteroatoms. The first-order chi connectivity index (χ1) is 16.0. The molecule has 0 fully saturated rings. The topological polar surface area (TPSA) is 71.5 Å². The molecule has 0 saturated heterocycles. The molecule has 1 N–H and O–H groups in total. The molecule has 4 rings (SSSR count). The molecule has 2 heterocycles. The van der Waals surface area contributed by atoms with Gasteiger partial charge >= 0.3 is 5.97 Å². The Balaban J connectivity index is 1.34. The number of rotatable bonds is 8. The number of esters is 1. The number of aryl methyl sites for hydroxylation is 2. The molecule has 1 aliphatic rings. The lowest BCUT2D eigenvalue weighted by Gasteiger charge is -2.15. The summed E-state index contributed by atoms with van der Waals surface area (Å²) in [6, 6.07) is 17.3. The summed E-state index contributed by atoms with van der Waals surface area (Å²) >= 11 is 13.5. The number of amides is 1. The van der Waals surface area contributed by atoms with Crippen molar-refractivity contribution in [1.82, 2.24) is 4.98 Å². The number of hydrogen-bond acceptors (Lipinski definition) is 4. The summed E-state index contributed by atoms with van der Waals surface area (Å²) in [5, 5.41) is 0.966. The maximum atomic E-state index is 12.6. The highest BCUT2D eigenvalue weighted by molar-refractivity contribution is 7.99. The van der Waals surface area contributed by atoms with Gasteiger partial charge in [-0.25, -0.2) is 9.79 Å². The third-order valence-electron chi connectivity index (χ3n) is 5.00. The number of hydrogen-bond donors (Lipinski definition) is 1. The van der Waals surface area contributed by atoms with E-state index in [1.165, 1.54) is 23.5 Å². The number of carbonyl (C=O) groups excluding carboxylic acids is 2. The van der Waals surface area contributed by atoms with Gasteiger partial charge in [0.15, 0.2) is 0 Å². The van der Waals surface area contributed by atoms with Crippen molar-refractivity contribution in [2.24, 2.45) is 4.99 Å². The van der Waals surface area contributed by atoms with E-state index in [9.17, 15) is 9.59 Å². The fraction of sp³-hybridized carbons (Fsp3) is 0.160. The van der Waals surface area contributed by atoms with Gasteiger partial charge < -0.3 is 9.72 Å². The predicted molar refractivity (Wildman–Crippen MR) is 133 cm³/mol. The van der Waals surface area contributed by atoms with E-state index in [-0.39, 0.29) is 0 Å². The molecule has 1 amide bonds. The number of aromatic nitrogens is 1. The van der Waals surface area contributed by atoms with Gasteiger partial charge in [0, 0.05) is 23.1 Å². The molecule has 2 aromatic carbocycles. The summed E-state index contributed by atoms with van der Waals surface area (Å²) in [7, 11) is 0. The number of dihydropyridines is 1. The number of H-pyrrole nitrogens is 1. The zero-order chi connectivity index (χ0) is 23.2. The van der Waals surface area contributed by atoms with Crippen molar-refractivity contribution in [3.8, 4) is 0 Å². The maximum Gasteiger partial charge on any atom is 0.355 e. The molecule has 0 bridgehead atoms. The minimum absolute atomic E-state index is 0.306. The average molecular weight is 499 g/mol. The van der Waals surface area contributed by atoms with Crippen LogP contribution in [0, 0.1) is 0 Å². The second kappa shape index (κ2) is 10.9. The van der Waals surface area contributed by atoms with Crippen LogP contribution in [-0.4, -0.2) is 34.9 Å². The molecule has 3 aromatic rings. The quantitative estimate of drug-likeness (QED) is 0.307. The smallest absolute Gasteiger partial charge is 0.355 e. The fourth-order valence-electron chi connectivity index (χ4n) is 3.25. The van der Waals surface area contributed by atoms with Crippen LogP contribution in [0.1, 0.15) is 21.6 Å². The zero-order valence-electron chi connectivity index (χ0n) is 17.5. The molecule has 0 aliphatic carbocycles. The van der Waals surface area contributed by atoms with E-state index in [0.717, 1.165) is 28.9 Å². The minimum Gasteiger partial charge on any atom is -0.443 e. The average Bonchev–Trinajstić information content (AvgIpc) is 3.30. The van der Waals surface area contributed by atoms with Gasteiger partial charge in [0.1, 0.15) is 5.69 Å². The number of nitrogens with zero attached hydrogens (tertiary/aromatic N) is 1. The predicted octanol–water partition coefficient (Wildman–Crippen LogP) is 5.96. The minimum atomic E-state index is -1.05. The summed E-state index contributed by atoms with van der Waals surface area (Å²) in [5.74, 6) is -0.568. The molecule has 0 spiro atoms. The maximum absolute atomic E-state index is 12.6. The van der Waals surface area contributed by atoms with Crippen LogP contribution in [-0.2, 0) is 22.4 Å². The van der Waals surface area contributed by atoms with Gasteiger partial charge in [0.05, 0.1) is 10.0 Å². The number of carbonyl (C=O) groups is 2. The van der Waals surface area contributed by atoms with E-state index in [1.807, 2.05) is 24.3 Å². The Kier molecular flexibility index (Phi) is 7.70. The third kappa shape index (κ3) is 6.38. The molecule has 0 radical (unpaired) electrons. The van der Waals surface area contributed by atoms with Crippen LogP contribution >= 0.6 is 35.0 Å². The lowest BCUT2D eigenvalue weighted by atomic mass is 10.1. The first-order valence-corrected chi connectivity index (χ1v) is 12.0. The number of aliphatic imine (C=N–C) groups is 1. The second-order valence-electron chi connectivity index (χ2n) is 7.44. The molecule has 168 valence electrons. The van der Waals surface area contributed by atoms with Crippen molar-refractivity contribution < 1.29 is 14.3 Å². The van der Waals surface area contributed by atoms with Crippen molar-refractivity contribution in [1.29, 1.82) is 0 Å². The van der Waals surface area contributed by atoms with Crippen molar-refractivity contribution in [2.45, 2.75) is 23.8 Å². The second-order valence-corrected chi connectivity index (χ2v) is 9.30. The van der Waals surface area contributed by atoms with Gasteiger partial charge in [-0.05, 0) is 59.9 Å². The van der Waals surface area contributed by atoms with Crippen molar-refractivity contribution in [3.05, 3.63) is 99.3 Å². The Morgan fingerprint density at radius 2 is 1.82 bits per heavy atom. The first-order valence-electron chi connectivity index (χ1n) is 10.3. The number of thioether (sulfide) groups is 1. The van der Waals surface area contributed by atoms with E-state index >= 15 is 0 Å².